The van der Waals surface area contributed by atoms with Crippen molar-refractivity contribution in [3.63, 3.8) is 0 Å². The fraction of sp³-hybridized carbons (Fsp3) is 0.375. The van der Waals surface area contributed by atoms with Crippen molar-refractivity contribution in [2.75, 3.05) is 0 Å². The maximum atomic E-state index is 10.8. The summed E-state index contributed by atoms with van der Waals surface area (Å²) in [5.41, 5.74) is 3.86. The SMILES string of the molecule is O=S(=O)(O)O/N=C1/CCn2c(C3=CCCCC3)nc3c(Cl)ccc1c32. The Labute approximate surface area is 149 Å². The Bertz CT molecular complexity index is 1020. The quantitative estimate of drug-likeness (QED) is 0.647. The largest absolute Gasteiger partial charge is 0.466 e. The standard InChI is InChI=1S/C16H16ClN3O4S/c17-12-7-6-11-13(19-24-25(21,22)23)8-9-20-15(11)14(12)18-16(20)10-4-2-1-3-5-10/h4,6-7H,1-3,5,8-9H2,(H,21,22,23)/b19-13-. The number of hydrogen-bond acceptors (Lipinski definition) is 5. The van der Waals surface area contributed by atoms with Gasteiger partial charge in [0.1, 0.15) is 11.3 Å². The van der Waals surface area contributed by atoms with E-state index in [0.29, 0.717) is 34.8 Å². The summed E-state index contributed by atoms with van der Waals surface area (Å²) in [4.78, 5) is 4.75. The Morgan fingerprint density at radius 3 is 2.84 bits per heavy atom. The van der Waals surface area contributed by atoms with E-state index in [1.54, 1.807) is 12.1 Å². The Hall–Kier alpha value is -1.90. The van der Waals surface area contributed by atoms with E-state index in [9.17, 15) is 8.42 Å². The van der Waals surface area contributed by atoms with Crippen LogP contribution in [0.25, 0.3) is 16.6 Å². The summed E-state index contributed by atoms with van der Waals surface area (Å²) in [6.45, 7) is 0.587. The van der Waals surface area contributed by atoms with Gasteiger partial charge in [-0.25, -0.2) is 9.27 Å². The van der Waals surface area contributed by atoms with E-state index in [4.69, 9.17) is 21.1 Å². The lowest BCUT2D eigenvalue weighted by Crippen LogP contribution is -2.18. The number of benzene rings is 1. The average Bonchev–Trinajstić information content (AvgIpc) is 2.98. The van der Waals surface area contributed by atoms with E-state index >= 15 is 0 Å². The van der Waals surface area contributed by atoms with E-state index < -0.39 is 10.4 Å². The molecule has 4 rings (SSSR count). The molecule has 0 amide bonds. The van der Waals surface area contributed by atoms with E-state index in [-0.39, 0.29) is 0 Å². The molecular weight excluding hydrogens is 366 g/mol. The monoisotopic (exact) mass is 381 g/mol. The molecule has 2 aromatic rings. The van der Waals surface area contributed by atoms with Gasteiger partial charge in [0.2, 0.25) is 0 Å². The Morgan fingerprint density at radius 1 is 1.28 bits per heavy atom. The van der Waals surface area contributed by atoms with Gasteiger partial charge in [0.15, 0.2) is 0 Å². The van der Waals surface area contributed by atoms with Gasteiger partial charge < -0.3 is 4.57 Å². The molecule has 0 saturated heterocycles. The van der Waals surface area contributed by atoms with Gasteiger partial charge >= 0.3 is 10.4 Å². The molecule has 1 aliphatic carbocycles. The number of aromatic nitrogens is 2. The number of imidazole rings is 1. The summed E-state index contributed by atoms with van der Waals surface area (Å²) in [5.74, 6) is 0.916. The van der Waals surface area contributed by atoms with Crippen molar-refractivity contribution in [1.29, 1.82) is 0 Å². The number of allylic oxidation sites excluding steroid dienone is 2. The van der Waals surface area contributed by atoms with Crippen LogP contribution in [0.3, 0.4) is 0 Å². The topological polar surface area (TPSA) is 93.8 Å². The Balaban J connectivity index is 1.89. The summed E-state index contributed by atoms with van der Waals surface area (Å²) in [7, 11) is -4.64. The first-order valence-electron chi connectivity index (χ1n) is 8.05. The molecule has 1 aromatic carbocycles. The van der Waals surface area contributed by atoms with Crippen LogP contribution in [0.1, 0.15) is 43.5 Å². The van der Waals surface area contributed by atoms with Crippen molar-refractivity contribution >= 4 is 44.3 Å². The van der Waals surface area contributed by atoms with Gasteiger partial charge in [0, 0.05) is 18.5 Å². The highest BCUT2D eigenvalue weighted by Crippen LogP contribution is 2.36. The average molecular weight is 382 g/mol. The zero-order valence-electron chi connectivity index (χ0n) is 13.3. The second kappa shape index (κ2) is 6.12. The van der Waals surface area contributed by atoms with Crippen molar-refractivity contribution < 1.29 is 17.3 Å². The molecule has 25 heavy (non-hydrogen) atoms. The second-order valence-corrected chi connectivity index (χ2v) is 7.56. The molecule has 0 fully saturated rings. The zero-order chi connectivity index (χ0) is 17.6. The third-order valence-electron chi connectivity index (χ3n) is 4.55. The molecule has 132 valence electrons. The first kappa shape index (κ1) is 16.6. The molecule has 7 nitrogen and oxygen atoms in total. The highest BCUT2D eigenvalue weighted by molar-refractivity contribution is 7.80. The van der Waals surface area contributed by atoms with Crippen molar-refractivity contribution in [3.8, 4) is 0 Å². The van der Waals surface area contributed by atoms with Gasteiger partial charge in [-0.05, 0) is 43.4 Å². The fourth-order valence-electron chi connectivity index (χ4n) is 3.48. The summed E-state index contributed by atoms with van der Waals surface area (Å²) in [6, 6.07) is 3.48. The number of rotatable bonds is 3. The highest BCUT2D eigenvalue weighted by atomic mass is 35.5. The molecular formula is C16H16ClN3O4S. The van der Waals surface area contributed by atoms with Crippen LogP contribution >= 0.6 is 11.6 Å². The fourth-order valence-corrected chi connectivity index (χ4v) is 3.86. The van der Waals surface area contributed by atoms with Crippen molar-refractivity contribution in [1.82, 2.24) is 9.55 Å². The van der Waals surface area contributed by atoms with E-state index in [1.165, 1.54) is 12.0 Å². The molecule has 0 atom stereocenters. The van der Waals surface area contributed by atoms with Crippen LogP contribution in [0.2, 0.25) is 5.02 Å². The molecule has 0 unspecified atom stereocenters. The number of aryl methyl sites for hydroxylation is 1. The van der Waals surface area contributed by atoms with Crippen LogP contribution in [0.4, 0.5) is 0 Å². The minimum absolute atomic E-state index is 0.441. The molecule has 1 N–H and O–H groups in total. The predicted octanol–water partition coefficient (Wildman–Crippen LogP) is 3.57. The maximum Gasteiger partial charge on any atom is 0.466 e. The maximum absolute atomic E-state index is 10.8. The first-order valence-corrected chi connectivity index (χ1v) is 9.80. The Kier molecular flexibility index (Phi) is 4.05. The molecule has 9 heteroatoms. The normalized spacial score (nSPS) is 19.3. The number of nitrogens with zero attached hydrogens (tertiary/aromatic N) is 3. The summed E-state index contributed by atoms with van der Waals surface area (Å²) in [5, 5.41) is 4.14. The lowest BCUT2D eigenvalue weighted by Gasteiger charge is -2.20. The first-order chi connectivity index (χ1) is 11.9. The summed E-state index contributed by atoms with van der Waals surface area (Å²) < 4.78 is 36.7. The highest BCUT2D eigenvalue weighted by Gasteiger charge is 2.26. The van der Waals surface area contributed by atoms with Crippen LogP contribution in [0.5, 0.6) is 0 Å². The lowest BCUT2D eigenvalue weighted by atomic mass is 9.98. The third kappa shape index (κ3) is 3.05. The van der Waals surface area contributed by atoms with Gasteiger partial charge in [0.25, 0.3) is 0 Å². The summed E-state index contributed by atoms with van der Waals surface area (Å²) >= 11 is 6.33. The molecule has 1 aromatic heterocycles. The van der Waals surface area contributed by atoms with Gasteiger partial charge in [0.05, 0.1) is 16.3 Å². The molecule has 2 aliphatic rings. The minimum Gasteiger partial charge on any atom is -0.323 e. The van der Waals surface area contributed by atoms with E-state index in [0.717, 1.165) is 30.6 Å². The molecule has 0 saturated carbocycles. The van der Waals surface area contributed by atoms with Gasteiger partial charge in [-0.2, -0.15) is 8.42 Å². The Morgan fingerprint density at radius 2 is 2.12 bits per heavy atom. The predicted molar refractivity (Wildman–Crippen MR) is 95.0 cm³/mol. The number of halogens is 1. The van der Waals surface area contributed by atoms with Crippen molar-refractivity contribution in [3.05, 3.63) is 34.6 Å². The third-order valence-corrected chi connectivity index (χ3v) is 5.12. The molecule has 0 spiro atoms. The van der Waals surface area contributed by atoms with Crippen LogP contribution < -0.4 is 0 Å². The van der Waals surface area contributed by atoms with Crippen LogP contribution in [-0.4, -0.2) is 28.2 Å². The lowest BCUT2D eigenvalue weighted by molar-refractivity contribution is 0.281. The molecule has 1 aliphatic heterocycles. The van der Waals surface area contributed by atoms with Crippen LogP contribution in [-0.2, 0) is 21.2 Å². The van der Waals surface area contributed by atoms with E-state index in [1.807, 2.05) is 0 Å². The van der Waals surface area contributed by atoms with Crippen molar-refractivity contribution in [2.45, 2.75) is 38.6 Å². The zero-order valence-corrected chi connectivity index (χ0v) is 14.8. The van der Waals surface area contributed by atoms with E-state index in [2.05, 4.69) is 20.1 Å². The summed E-state index contributed by atoms with van der Waals surface area (Å²) in [6.07, 6.45) is 7.07. The molecule has 2 heterocycles. The molecule has 0 radical (unpaired) electrons. The number of hydrogen-bond donors (Lipinski definition) is 1. The van der Waals surface area contributed by atoms with Gasteiger partial charge in [-0.3, -0.25) is 4.55 Å². The minimum atomic E-state index is -4.64. The van der Waals surface area contributed by atoms with Gasteiger partial charge in [-0.1, -0.05) is 22.8 Å². The second-order valence-electron chi connectivity index (χ2n) is 6.14. The van der Waals surface area contributed by atoms with Crippen LogP contribution in [0.15, 0.2) is 23.4 Å². The van der Waals surface area contributed by atoms with Gasteiger partial charge in [-0.15, -0.1) is 0 Å². The molecule has 0 bridgehead atoms. The number of oxime groups is 1. The smallest absolute Gasteiger partial charge is 0.323 e. The van der Waals surface area contributed by atoms with Crippen LogP contribution in [0, 0.1) is 0 Å². The van der Waals surface area contributed by atoms with Crippen molar-refractivity contribution in [2.24, 2.45) is 5.16 Å².